The Balaban J connectivity index is 2.09. The van der Waals surface area contributed by atoms with E-state index >= 15 is 0 Å². The first-order valence-corrected chi connectivity index (χ1v) is 7.27. The van der Waals surface area contributed by atoms with Gasteiger partial charge in [-0.15, -0.1) is 0 Å². The van der Waals surface area contributed by atoms with Crippen molar-refractivity contribution in [2.24, 2.45) is 0 Å². The molecule has 0 radical (unpaired) electrons. The third kappa shape index (κ3) is 2.13. The zero-order valence-electron chi connectivity index (χ0n) is 12.4. The van der Waals surface area contributed by atoms with Crippen LogP contribution >= 0.6 is 0 Å². The van der Waals surface area contributed by atoms with E-state index in [0.717, 1.165) is 31.5 Å². The van der Waals surface area contributed by atoms with Gasteiger partial charge < -0.3 is 15.0 Å². The highest BCUT2D eigenvalue weighted by Gasteiger charge is 2.27. The third-order valence-corrected chi connectivity index (χ3v) is 4.13. The number of ketones is 1. The number of fused-ring (bicyclic) bond motifs is 1. The summed E-state index contributed by atoms with van der Waals surface area (Å²) in [5.41, 5.74) is 8.74. The molecule has 2 aromatic rings. The van der Waals surface area contributed by atoms with Gasteiger partial charge in [-0.25, -0.2) is 0 Å². The van der Waals surface area contributed by atoms with Crippen LogP contribution in [0.2, 0.25) is 0 Å². The van der Waals surface area contributed by atoms with Gasteiger partial charge in [0.15, 0.2) is 0 Å². The molecule has 0 fully saturated rings. The predicted molar refractivity (Wildman–Crippen MR) is 82.9 cm³/mol. The Hall–Kier alpha value is -2.74. The smallest absolute Gasteiger partial charge is 0.211 e. The minimum atomic E-state index is -0.148. The van der Waals surface area contributed by atoms with E-state index < -0.39 is 0 Å². The highest BCUT2D eigenvalue weighted by atomic mass is 16.5. The van der Waals surface area contributed by atoms with Crippen molar-refractivity contribution >= 4 is 11.5 Å². The van der Waals surface area contributed by atoms with Crippen LogP contribution in [0.15, 0.2) is 24.3 Å². The fraction of sp³-hybridized carbons (Fsp3) is 0.294. The summed E-state index contributed by atoms with van der Waals surface area (Å²) < 4.78 is 7.03. The number of methoxy groups -OCH3 is 1. The molecular formula is C17H17N3O2. The molecule has 0 aliphatic carbocycles. The van der Waals surface area contributed by atoms with E-state index in [1.54, 1.807) is 31.4 Å². The van der Waals surface area contributed by atoms with Gasteiger partial charge in [0.2, 0.25) is 5.78 Å². The molecule has 1 aliphatic heterocycles. The van der Waals surface area contributed by atoms with Crippen LogP contribution in [-0.2, 0) is 13.0 Å². The third-order valence-electron chi connectivity index (χ3n) is 4.13. The van der Waals surface area contributed by atoms with Gasteiger partial charge in [0.05, 0.1) is 18.4 Å². The number of hydrogen-bond donors (Lipinski definition) is 1. The Bertz CT molecular complexity index is 767. The largest absolute Gasteiger partial charge is 0.497 e. The number of aromatic nitrogens is 1. The summed E-state index contributed by atoms with van der Waals surface area (Å²) in [4.78, 5) is 12.8. The second kappa shape index (κ2) is 5.57. The topological polar surface area (TPSA) is 81.0 Å². The molecule has 112 valence electrons. The van der Waals surface area contributed by atoms with Gasteiger partial charge in [0, 0.05) is 17.8 Å². The van der Waals surface area contributed by atoms with Crippen LogP contribution in [0.5, 0.6) is 5.75 Å². The summed E-state index contributed by atoms with van der Waals surface area (Å²) in [6.45, 7) is 0.735. The Morgan fingerprint density at radius 3 is 2.68 bits per heavy atom. The maximum atomic E-state index is 12.8. The molecule has 3 rings (SSSR count). The Morgan fingerprint density at radius 1 is 1.32 bits per heavy atom. The lowest BCUT2D eigenvalue weighted by Gasteiger charge is -2.17. The van der Waals surface area contributed by atoms with E-state index in [4.69, 9.17) is 10.5 Å². The lowest BCUT2D eigenvalue weighted by atomic mass is 10.1. The fourth-order valence-electron chi connectivity index (χ4n) is 3.01. The first-order chi connectivity index (χ1) is 10.7. The van der Waals surface area contributed by atoms with Crippen LogP contribution in [0.1, 0.15) is 40.2 Å². The zero-order valence-corrected chi connectivity index (χ0v) is 12.4. The average Bonchev–Trinajstić information content (AvgIpc) is 2.85. The fourth-order valence-corrected chi connectivity index (χ4v) is 3.01. The van der Waals surface area contributed by atoms with Gasteiger partial charge in [-0.2, -0.15) is 5.26 Å². The minimum absolute atomic E-state index is 0.148. The monoisotopic (exact) mass is 295 g/mol. The summed E-state index contributed by atoms with van der Waals surface area (Å²) in [6, 6.07) is 9.08. The Labute approximate surface area is 128 Å². The standard InChI is InChI=1S/C17H17N3O2/c1-22-12-7-5-11(6-8-12)17(21)16-15(19)13(10-18)14-4-2-3-9-20(14)16/h5-8H,2-4,9,19H2,1H3. The van der Waals surface area contributed by atoms with Gasteiger partial charge in [0.25, 0.3) is 0 Å². The molecule has 0 amide bonds. The molecule has 1 aliphatic rings. The summed E-state index contributed by atoms with van der Waals surface area (Å²) in [5.74, 6) is 0.546. The molecule has 1 aromatic heterocycles. The number of rotatable bonds is 3. The van der Waals surface area contributed by atoms with Crippen LogP contribution in [0.25, 0.3) is 0 Å². The number of nitrogens with two attached hydrogens (primary N) is 1. The number of hydrogen-bond acceptors (Lipinski definition) is 4. The second-order valence-corrected chi connectivity index (χ2v) is 5.36. The van der Waals surface area contributed by atoms with E-state index in [9.17, 15) is 10.1 Å². The van der Waals surface area contributed by atoms with Crippen LogP contribution in [0, 0.1) is 11.3 Å². The first-order valence-electron chi connectivity index (χ1n) is 7.27. The summed E-state index contributed by atoms with van der Waals surface area (Å²) >= 11 is 0. The second-order valence-electron chi connectivity index (χ2n) is 5.36. The van der Waals surface area contributed by atoms with E-state index in [1.807, 2.05) is 4.57 Å². The van der Waals surface area contributed by atoms with Gasteiger partial charge >= 0.3 is 0 Å². The number of benzene rings is 1. The quantitative estimate of drug-likeness (QED) is 0.882. The number of nitrogen functional groups attached to an aromatic ring is 1. The van der Waals surface area contributed by atoms with Crippen molar-refractivity contribution in [3.8, 4) is 11.8 Å². The predicted octanol–water partition coefficient (Wildman–Crippen LogP) is 2.52. The minimum Gasteiger partial charge on any atom is -0.497 e. The Morgan fingerprint density at radius 2 is 2.05 bits per heavy atom. The number of nitriles is 1. The van der Waals surface area contributed by atoms with Crippen molar-refractivity contribution in [2.75, 3.05) is 12.8 Å². The molecule has 2 heterocycles. The van der Waals surface area contributed by atoms with Crippen molar-refractivity contribution in [1.29, 1.82) is 5.26 Å². The molecule has 0 atom stereocenters. The lowest BCUT2D eigenvalue weighted by Crippen LogP contribution is -2.17. The molecule has 5 heteroatoms. The molecule has 1 aromatic carbocycles. The summed E-state index contributed by atoms with van der Waals surface area (Å²) in [6.07, 6.45) is 2.81. The van der Waals surface area contributed by atoms with E-state index in [2.05, 4.69) is 6.07 Å². The normalized spacial score (nSPS) is 13.3. The first kappa shape index (κ1) is 14.2. The molecule has 2 N–H and O–H groups in total. The number of anilines is 1. The van der Waals surface area contributed by atoms with Crippen LogP contribution in [0.3, 0.4) is 0 Å². The van der Waals surface area contributed by atoms with Crippen molar-refractivity contribution < 1.29 is 9.53 Å². The summed E-state index contributed by atoms with van der Waals surface area (Å²) in [5, 5.41) is 9.34. The molecule has 0 unspecified atom stereocenters. The molecule has 0 saturated heterocycles. The van der Waals surface area contributed by atoms with E-state index in [1.165, 1.54) is 0 Å². The average molecular weight is 295 g/mol. The Kier molecular flexibility index (Phi) is 3.60. The molecule has 22 heavy (non-hydrogen) atoms. The van der Waals surface area contributed by atoms with Crippen LogP contribution in [-0.4, -0.2) is 17.5 Å². The number of ether oxygens (including phenoxy) is 1. The van der Waals surface area contributed by atoms with Crippen LogP contribution < -0.4 is 10.5 Å². The lowest BCUT2D eigenvalue weighted by molar-refractivity contribution is 0.103. The molecular weight excluding hydrogens is 278 g/mol. The van der Waals surface area contributed by atoms with Crippen molar-refractivity contribution in [2.45, 2.75) is 25.8 Å². The number of nitrogens with zero attached hydrogens (tertiary/aromatic N) is 2. The van der Waals surface area contributed by atoms with Crippen molar-refractivity contribution in [1.82, 2.24) is 4.57 Å². The summed E-state index contributed by atoms with van der Waals surface area (Å²) in [7, 11) is 1.58. The number of carbonyl (C=O) groups is 1. The van der Waals surface area contributed by atoms with Gasteiger partial charge in [-0.1, -0.05) is 0 Å². The van der Waals surface area contributed by atoms with E-state index in [0.29, 0.717) is 28.3 Å². The molecule has 0 spiro atoms. The van der Waals surface area contributed by atoms with Gasteiger partial charge in [0.1, 0.15) is 17.5 Å². The maximum absolute atomic E-state index is 12.8. The maximum Gasteiger partial charge on any atom is 0.211 e. The highest BCUT2D eigenvalue weighted by molar-refractivity contribution is 6.12. The van der Waals surface area contributed by atoms with Crippen LogP contribution in [0.4, 0.5) is 5.69 Å². The van der Waals surface area contributed by atoms with Crippen molar-refractivity contribution in [3.05, 3.63) is 46.8 Å². The number of carbonyl (C=O) groups excluding carboxylic acids is 1. The van der Waals surface area contributed by atoms with E-state index in [-0.39, 0.29) is 5.78 Å². The molecule has 5 nitrogen and oxygen atoms in total. The zero-order chi connectivity index (χ0) is 15.7. The molecule has 0 bridgehead atoms. The molecule has 0 saturated carbocycles. The van der Waals surface area contributed by atoms with Gasteiger partial charge in [-0.3, -0.25) is 4.79 Å². The highest BCUT2D eigenvalue weighted by Crippen LogP contribution is 2.31. The van der Waals surface area contributed by atoms with Gasteiger partial charge in [-0.05, 0) is 43.5 Å². The van der Waals surface area contributed by atoms with Crippen molar-refractivity contribution in [3.63, 3.8) is 0 Å². The SMILES string of the molecule is COc1ccc(C(=O)c2c(N)c(C#N)c3n2CCCC3)cc1.